The summed E-state index contributed by atoms with van der Waals surface area (Å²) in [5, 5.41) is 65.4. The summed E-state index contributed by atoms with van der Waals surface area (Å²) in [6, 6.07) is -12.7. The number of aromatic nitrogens is 2. The second-order valence-electron chi connectivity index (χ2n) is 16.2. The van der Waals surface area contributed by atoms with Crippen LogP contribution in [0, 0.1) is 5.92 Å². The number of aliphatic hydroxyl groups is 3. The SMILES string of the molecule is CC(C)[C@H](NC(=O)[C@H](Cc1cnc[nH]1)NC(=O)[C@H](CO)NC(=O)[C@@H](N)CCCN=C(N)N)C(=O)N[C@@H](CCC(=O)O)C(=O)N[C@@H](CCCN=C(N)N)C(=O)N[C@H](C(=O)N[C@H](C(=O)O)[C@@H](C)O)[C@@H](C)O. The number of nitrogens with two attached hydrogens (primary N) is 5. The normalized spacial score (nSPS) is 15.4. The van der Waals surface area contributed by atoms with Gasteiger partial charge >= 0.3 is 11.9 Å². The molecule has 0 saturated carbocycles. The van der Waals surface area contributed by atoms with Gasteiger partial charge in [-0.2, -0.15) is 0 Å². The lowest BCUT2D eigenvalue weighted by Crippen LogP contribution is -2.62. The fraction of sp³-hybridized carbons (Fsp3) is 0.641. The lowest BCUT2D eigenvalue weighted by molar-refractivity contribution is -0.146. The van der Waals surface area contributed by atoms with Gasteiger partial charge in [0.1, 0.15) is 36.3 Å². The summed E-state index contributed by atoms with van der Waals surface area (Å²) in [5.74, 6) is -11.5. The van der Waals surface area contributed by atoms with Crippen LogP contribution in [0.25, 0.3) is 0 Å². The Balaban J connectivity index is 3.42. The van der Waals surface area contributed by atoms with Gasteiger partial charge in [-0.3, -0.25) is 48.3 Å². The number of amides is 7. The Hall–Kier alpha value is -7.18. The molecule has 0 aromatic carbocycles. The average molecular weight is 985 g/mol. The molecule has 23 N–H and O–H groups in total. The largest absolute Gasteiger partial charge is 0.481 e. The van der Waals surface area contributed by atoms with E-state index in [2.05, 4.69) is 51.9 Å². The van der Waals surface area contributed by atoms with Gasteiger partial charge in [-0.15, -0.1) is 0 Å². The molecule has 0 unspecified atom stereocenters. The molecule has 30 heteroatoms. The number of aliphatic hydroxyl groups excluding tert-OH is 3. The first-order valence-electron chi connectivity index (χ1n) is 21.7. The van der Waals surface area contributed by atoms with E-state index < -0.39 is 139 Å². The van der Waals surface area contributed by atoms with Gasteiger partial charge in [0.15, 0.2) is 18.0 Å². The Kier molecular flexibility index (Phi) is 26.2. The van der Waals surface area contributed by atoms with Crippen LogP contribution in [-0.2, 0) is 49.6 Å². The molecular formula is C39H68N16O14. The maximum atomic E-state index is 14.0. The third-order valence-corrected chi connectivity index (χ3v) is 9.95. The number of carbonyl (C=O) groups excluding carboxylic acids is 7. The number of carbonyl (C=O) groups is 9. The van der Waals surface area contributed by atoms with Crippen molar-refractivity contribution in [1.82, 2.24) is 47.2 Å². The standard InChI is InChI=1S/C39H68N16O14/c1-17(2)27(53-33(64)24(13-20-14-45-16-48-20)51-34(65)25(15-56)52-30(61)21(40)7-5-11-46-38(41)42)35(66)50-23(9-10-26(59)60)31(62)49-22(8-6-12-47-39(43)44)32(63)54-28(18(3)57)36(67)55-29(19(4)58)37(68)69/h14,16-19,21-25,27-29,56-58H,5-13,15,40H2,1-4H3,(H,45,48)(H,49,62)(H,50,66)(H,51,65)(H,52,61)(H,53,64)(H,54,63)(H,55,67)(H,59,60)(H,68,69)(H4,41,42,46)(H4,43,44,47)/t18-,19-,21+,22+,23+,24+,25+,27+,28+,29+/m1/s1. The molecule has 0 aliphatic carbocycles. The molecule has 7 amide bonds. The minimum Gasteiger partial charge on any atom is -0.481 e. The number of aromatic amines is 1. The van der Waals surface area contributed by atoms with Crippen molar-refractivity contribution in [2.24, 2.45) is 44.6 Å². The van der Waals surface area contributed by atoms with E-state index in [0.29, 0.717) is 12.1 Å². The molecular weight excluding hydrogens is 917 g/mol. The number of aliphatic imine (C=N–C) groups is 2. The fourth-order valence-corrected chi connectivity index (χ4v) is 6.14. The summed E-state index contributed by atoms with van der Waals surface area (Å²) in [7, 11) is 0. The maximum Gasteiger partial charge on any atom is 0.328 e. The van der Waals surface area contributed by atoms with Crippen molar-refractivity contribution < 1.29 is 68.7 Å². The van der Waals surface area contributed by atoms with Crippen LogP contribution in [0.15, 0.2) is 22.5 Å². The van der Waals surface area contributed by atoms with Crippen molar-refractivity contribution in [1.29, 1.82) is 0 Å². The first kappa shape index (κ1) is 59.8. The maximum absolute atomic E-state index is 14.0. The number of aliphatic carboxylic acids is 2. The number of nitrogens with one attached hydrogen (secondary N) is 8. The lowest BCUT2D eigenvalue weighted by Gasteiger charge is -2.29. The van der Waals surface area contributed by atoms with Crippen LogP contribution in [0.1, 0.15) is 71.9 Å². The molecule has 0 aliphatic heterocycles. The Bertz CT molecular complexity index is 1940. The van der Waals surface area contributed by atoms with E-state index in [1.165, 1.54) is 26.4 Å². The number of imidazole rings is 1. The van der Waals surface area contributed by atoms with E-state index in [1.807, 2.05) is 5.32 Å². The number of guanidine groups is 2. The average Bonchev–Trinajstić information content (AvgIpc) is 3.78. The van der Waals surface area contributed by atoms with Crippen molar-refractivity contribution >= 4 is 65.2 Å². The van der Waals surface area contributed by atoms with E-state index in [4.69, 9.17) is 28.7 Å². The molecule has 388 valence electrons. The number of rotatable bonds is 32. The molecule has 1 aromatic rings. The van der Waals surface area contributed by atoms with Gasteiger partial charge in [0.2, 0.25) is 41.4 Å². The number of nitrogens with zero attached hydrogens (tertiary/aromatic N) is 3. The highest BCUT2D eigenvalue weighted by molar-refractivity contribution is 5.98. The minimum atomic E-state index is -1.84. The molecule has 69 heavy (non-hydrogen) atoms. The summed E-state index contributed by atoms with van der Waals surface area (Å²) >= 11 is 0. The molecule has 0 fully saturated rings. The van der Waals surface area contributed by atoms with Crippen molar-refractivity contribution in [2.45, 2.75) is 133 Å². The van der Waals surface area contributed by atoms with Crippen molar-refractivity contribution in [3.05, 3.63) is 18.2 Å². The van der Waals surface area contributed by atoms with E-state index in [0.717, 1.165) is 13.8 Å². The second-order valence-corrected chi connectivity index (χ2v) is 16.2. The van der Waals surface area contributed by atoms with E-state index in [1.54, 1.807) is 0 Å². The van der Waals surface area contributed by atoms with Crippen LogP contribution in [0.5, 0.6) is 0 Å². The summed E-state index contributed by atoms with van der Waals surface area (Å²) < 4.78 is 0. The van der Waals surface area contributed by atoms with Crippen LogP contribution in [0.4, 0.5) is 0 Å². The molecule has 0 saturated heterocycles. The fourth-order valence-electron chi connectivity index (χ4n) is 6.14. The van der Waals surface area contributed by atoms with Gasteiger partial charge in [-0.25, -0.2) is 9.78 Å². The van der Waals surface area contributed by atoms with Gasteiger partial charge in [-0.1, -0.05) is 13.8 Å². The third kappa shape index (κ3) is 22.4. The second kappa shape index (κ2) is 30.3. The van der Waals surface area contributed by atoms with E-state index in [-0.39, 0.29) is 50.7 Å². The van der Waals surface area contributed by atoms with Crippen molar-refractivity contribution in [2.75, 3.05) is 19.7 Å². The van der Waals surface area contributed by atoms with Crippen LogP contribution in [0.2, 0.25) is 0 Å². The predicted molar refractivity (Wildman–Crippen MR) is 243 cm³/mol. The third-order valence-electron chi connectivity index (χ3n) is 9.95. The summed E-state index contributed by atoms with van der Waals surface area (Å²) in [6.07, 6.45) is -1.96. The smallest absolute Gasteiger partial charge is 0.328 e. The molecule has 0 bridgehead atoms. The van der Waals surface area contributed by atoms with Crippen molar-refractivity contribution in [3.8, 4) is 0 Å². The molecule has 1 heterocycles. The van der Waals surface area contributed by atoms with E-state index in [9.17, 15) is 68.7 Å². The predicted octanol–water partition coefficient (Wildman–Crippen LogP) is -7.86. The number of carboxylic acid groups (broad SMARTS) is 2. The number of carboxylic acids is 2. The minimum absolute atomic E-state index is 0.00948. The Morgan fingerprint density at radius 2 is 1.06 bits per heavy atom. The molecule has 0 spiro atoms. The van der Waals surface area contributed by atoms with Gasteiger partial charge < -0.3 is 96.4 Å². The molecule has 0 aliphatic rings. The Morgan fingerprint density at radius 3 is 1.55 bits per heavy atom. The highest BCUT2D eigenvalue weighted by Gasteiger charge is 2.37. The summed E-state index contributed by atoms with van der Waals surface area (Å²) in [4.78, 5) is 132. The van der Waals surface area contributed by atoms with E-state index >= 15 is 0 Å². The number of H-pyrrole nitrogens is 1. The summed E-state index contributed by atoms with van der Waals surface area (Å²) in [6.45, 7) is 4.39. The summed E-state index contributed by atoms with van der Waals surface area (Å²) in [5.41, 5.74) is 27.6. The highest BCUT2D eigenvalue weighted by Crippen LogP contribution is 2.10. The van der Waals surface area contributed by atoms with Gasteiger partial charge in [-0.05, 0) is 51.9 Å². The molecule has 0 radical (unpaired) electrons. The zero-order valence-corrected chi connectivity index (χ0v) is 38.7. The monoisotopic (exact) mass is 985 g/mol. The Labute approximate surface area is 396 Å². The van der Waals surface area contributed by atoms with Gasteiger partial charge in [0, 0.05) is 37.8 Å². The number of hydrogen-bond acceptors (Lipinski definition) is 16. The molecule has 30 nitrogen and oxygen atoms in total. The molecule has 1 rings (SSSR count). The molecule has 1 aromatic heterocycles. The van der Waals surface area contributed by atoms with Crippen LogP contribution in [0.3, 0.4) is 0 Å². The van der Waals surface area contributed by atoms with Crippen LogP contribution < -0.4 is 65.9 Å². The lowest BCUT2D eigenvalue weighted by atomic mass is 10.0. The number of hydrogen-bond donors (Lipinski definition) is 18. The van der Waals surface area contributed by atoms with Gasteiger partial charge in [0.05, 0.1) is 31.2 Å². The first-order chi connectivity index (χ1) is 32.3. The first-order valence-corrected chi connectivity index (χ1v) is 21.7. The topological polar surface area (TPSA) is 522 Å². The van der Waals surface area contributed by atoms with Crippen LogP contribution in [-0.4, -0.2) is 181 Å². The molecule has 10 atom stereocenters. The zero-order valence-electron chi connectivity index (χ0n) is 38.7. The quantitative estimate of drug-likeness (QED) is 0.0181. The van der Waals surface area contributed by atoms with Crippen molar-refractivity contribution in [3.63, 3.8) is 0 Å². The van der Waals surface area contributed by atoms with Crippen LogP contribution >= 0.6 is 0 Å². The van der Waals surface area contributed by atoms with Gasteiger partial charge in [0.25, 0.3) is 0 Å². The highest BCUT2D eigenvalue weighted by atomic mass is 16.4. The Morgan fingerprint density at radius 1 is 0.609 bits per heavy atom. The zero-order chi connectivity index (χ0) is 52.5.